The molecule has 0 aliphatic heterocycles. The number of hydrogen-bond donors (Lipinski definition) is 1. The second-order valence-electron chi connectivity index (χ2n) is 3.09. The van der Waals surface area contributed by atoms with Gasteiger partial charge in [-0.3, -0.25) is 0 Å². The normalized spacial score (nSPS) is 12.1. The summed E-state index contributed by atoms with van der Waals surface area (Å²) in [5.74, 6) is 0. The lowest BCUT2D eigenvalue weighted by Crippen LogP contribution is -1.68. The van der Waals surface area contributed by atoms with Gasteiger partial charge in [0.15, 0.2) is 0 Å². The van der Waals surface area contributed by atoms with E-state index in [0.717, 1.165) is 6.42 Å². The number of hydrogen-bond acceptors (Lipinski definition) is 1. The zero-order valence-electron chi connectivity index (χ0n) is 8.71. The van der Waals surface area contributed by atoms with Crippen molar-refractivity contribution in [2.45, 2.75) is 6.42 Å². The molecule has 1 heteroatoms. The summed E-state index contributed by atoms with van der Waals surface area (Å²) in [4.78, 5) is 0. The Morgan fingerprint density at radius 3 is 2.40 bits per heavy atom. The molecule has 1 rings (SSSR count). The van der Waals surface area contributed by atoms with E-state index in [1.807, 2.05) is 36.4 Å². The monoisotopic (exact) mass is 200 g/mol. The summed E-state index contributed by atoms with van der Waals surface area (Å²) in [5.41, 5.74) is 1.22. The molecule has 0 unspecified atom stereocenters. The van der Waals surface area contributed by atoms with Gasteiger partial charge in [0.05, 0.1) is 6.61 Å². The molecule has 0 saturated carbocycles. The molecule has 0 aliphatic carbocycles. The van der Waals surface area contributed by atoms with Crippen molar-refractivity contribution < 1.29 is 5.11 Å². The van der Waals surface area contributed by atoms with Crippen molar-refractivity contribution in [3.63, 3.8) is 0 Å². The van der Waals surface area contributed by atoms with Gasteiger partial charge < -0.3 is 5.11 Å². The van der Waals surface area contributed by atoms with Gasteiger partial charge in [-0.25, -0.2) is 0 Å². The molecule has 0 bridgehead atoms. The van der Waals surface area contributed by atoms with Crippen LogP contribution in [-0.4, -0.2) is 11.7 Å². The maximum Gasteiger partial charge on any atom is 0.0615 e. The molecule has 0 heterocycles. The number of benzene rings is 1. The summed E-state index contributed by atoms with van der Waals surface area (Å²) >= 11 is 0. The molecule has 1 nitrogen and oxygen atoms in total. The van der Waals surface area contributed by atoms with Crippen LogP contribution in [0.3, 0.4) is 0 Å². The second-order valence-corrected chi connectivity index (χ2v) is 3.09. The molecular weight excluding hydrogens is 184 g/mol. The molecular formula is C14H16O. The SMILES string of the molecule is OC/C=C/C=C/CC=Cc1ccccc1. The molecule has 0 saturated heterocycles. The van der Waals surface area contributed by atoms with E-state index >= 15 is 0 Å². The van der Waals surface area contributed by atoms with E-state index in [9.17, 15) is 0 Å². The summed E-state index contributed by atoms with van der Waals surface area (Å²) < 4.78 is 0. The fourth-order valence-corrected chi connectivity index (χ4v) is 1.14. The van der Waals surface area contributed by atoms with Crippen LogP contribution in [0.15, 0.2) is 60.7 Å². The van der Waals surface area contributed by atoms with E-state index in [2.05, 4.69) is 24.3 Å². The molecule has 1 aromatic carbocycles. The van der Waals surface area contributed by atoms with Crippen molar-refractivity contribution in [1.82, 2.24) is 0 Å². The van der Waals surface area contributed by atoms with Crippen LogP contribution in [0.1, 0.15) is 12.0 Å². The lowest BCUT2D eigenvalue weighted by Gasteiger charge is -1.89. The highest BCUT2D eigenvalue weighted by Crippen LogP contribution is 2.01. The molecule has 1 aromatic rings. The van der Waals surface area contributed by atoms with Crippen LogP contribution in [0.4, 0.5) is 0 Å². The van der Waals surface area contributed by atoms with E-state index in [1.54, 1.807) is 6.08 Å². The Morgan fingerprint density at radius 2 is 1.67 bits per heavy atom. The highest BCUT2D eigenvalue weighted by Gasteiger charge is 1.80. The third-order valence-corrected chi connectivity index (χ3v) is 1.87. The number of aliphatic hydroxyl groups excluding tert-OH is 1. The first kappa shape index (κ1) is 11.5. The summed E-state index contributed by atoms with van der Waals surface area (Å²) in [5, 5.41) is 8.48. The van der Waals surface area contributed by atoms with E-state index in [4.69, 9.17) is 5.11 Å². The third-order valence-electron chi connectivity index (χ3n) is 1.87. The Kier molecular flexibility index (Phi) is 5.95. The molecule has 0 aromatic heterocycles. The quantitative estimate of drug-likeness (QED) is 0.724. The smallest absolute Gasteiger partial charge is 0.0615 e. The lowest BCUT2D eigenvalue weighted by atomic mass is 10.2. The summed E-state index contributed by atoms with van der Waals surface area (Å²) in [7, 11) is 0. The topological polar surface area (TPSA) is 20.2 Å². The Labute approximate surface area is 91.1 Å². The van der Waals surface area contributed by atoms with Crippen molar-refractivity contribution in [2.24, 2.45) is 0 Å². The Balaban J connectivity index is 2.29. The van der Waals surface area contributed by atoms with Gasteiger partial charge >= 0.3 is 0 Å². The van der Waals surface area contributed by atoms with Crippen LogP contribution in [0.2, 0.25) is 0 Å². The Morgan fingerprint density at radius 1 is 0.933 bits per heavy atom. The highest BCUT2D eigenvalue weighted by atomic mass is 16.2. The maximum atomic E-state index is 8.48. The fraction of sp³-hybridized carbons (Fsp3) is 0.143. The molecule has 78 valence electrons. The van der Waals surface area contributed by atoms with Crippen molar-refractivity contribution >= 4 is 6.08 Å². The summed E-state index contributed by atoms with van der Waals surface area (Å²) in [6.45, 7) is 0.101. The Hall–Kier alpha value is -1.60. The second kappa shape index (κ2) is 7.77. The standard InChI is InChI=1S/C14H16O/c15-13-9-4-2-1-3-6-10-14-11-7-5-8-12-14/h1-2,4-12,15H,3,13H2/b2-1+,9-4+,10-6?. The van der Waals surface area contributed by atoms with Gasteiger partial charge in [-0.2, -0.15) is 0 Å². The average Bonchev–Trinajstić information content (AvgIpc) is 2.29. The first-order chi connectivity index (χ1) is 7.43. The van der Waals surface area contributed by atoms with Crippen LogP contribution in [0, 0.1) is 0 Å². The molecule has 1 N–H and O–H groups in total. The predicted molar refractivity (Wildman–Crippen MR) is 65.5 cm³/mol. The van der Waals surface area contributed by atoms with Gasteiger partial charge in [-0.1, -0.05) is 66.8 Å². The largest absolute Gasteiger partial charge is 0.392 e. The third kappa shape index (κ3) is 5.66. The van der Waals surface area contributed by atoms with Crippen molar-refractivity contribution in [1.29, 1.82) is 0 Å². The van der Waals surface area contributed by atoms with Gasteiger partial charge in [-0.15, -0.1) is 0 Å². The van der Waals surface area contributed by atoms with Crippen LogP contribution in [-0.2, 0) is 0 Å². The fourth-order valence-electron chi connectivity index (χ4n) is 1.14. The zero-order chi connectivity index (χ0) is 10.8. The van der Waals surface area contributed by atoms with Crippen LogP contribution in [0.5, 0.6) is 0 Å². The van der Waals surface area contributed by atoms with E-state index in [-0.39, 0.29) is 6.61 Å². The minimum atomic E-state index is 0.101. The number of allylic oxidation sites excluding steroid dienone is 4. The minimum Gasteiger partial charge on any atom is -0.392 e. The molecule has 0 aliphatic rings. The first-order valence-corrected chi connectivity index (χ1v) is 5.07. The molecule has 0 amide bonds. The average molecular weight is 200 g/mol. The van der Waals surface area contributed by atoms with Gasteiger partial charge in [0.2, 0.25) is 0 Å². The number of rotatable bonds is 5. The predicted octanol–water partition coefficient (Wildman–Crippen LogP) is 3.19. The van der Waals surface area contributed by atoms with Gasteiger partial charge in [0.1, 0.15) is 0 Å². The van der Waals surface area contributed by atoms with Crippen molar-refractivity contribution in [3.8, 4) is 0 Å². The lowest BCUT2D eigenvalue weighted by molar-refractivity contribution is 0.343. The van der Waals surface area contributed by atoms with Crippen molar-refractivity contribution in [2.75, 3.05) is 6.61 Å². The van der Waals surface area contributed by atoms with Crippen LogP contribution < -0.4 is 0 Å². The van der Waals surface area contributed by atoms with Crippen LogP contribution in [0.25, 0.3) is 6.08 Å². The molecule has 0 fully saturated rings. The van der Waals surface area contributed by atoms with Crippen molar-refractivity contribution in [3.05, 3.63) is 66.3 Å². The zero-order valence-corrected chi connectivity index (χ0v) is 8.71. The van der Waals surface area contributed by atoms with Gasteiger partial charge in [-0.05, 0) is 12.0 Å². The maximum absolute atomic E-state index is 8.48. The molecule has 0 radical (unpaired) electrons. The first-order valence-electron chi connectivity index (χ1n) is 5.07. The van der Waals surface area contributed by atoms with Gasteiger partial charge in [0, 0.05) is 0 Å². The highest BCUT2D eigenvalue weighted by molar-refractivity contribution is 5.48. The van der Waals surface area contributed by atoms with E-state index in [0.29, 0.717) is 0 Å². The van der Waals surface area contributed by atoms with E-state index in [1.165, 1.54) is 5.56 Å². The summed E-state index contributed by atoms with van der Waals surface area (Å²) in [6.07, 6.45) is 12.6. The molecule has 0 spiro atoms. The minimum absolute atomic E-state index is 0.101. The Bertz CT molecular complexity index is 334. The van der Waals surface area contributed by atoms with E-state index < -0.39 is 0 Å². The van der Waals surface area contributed by atoms with Crippen LogP contribution >= 0.6 is 0 Å². The summed E-state index contributed by atoms with van der Waals surface area (Å²) in [6, 6.07) is 10.2. The van der Waals surface area contributed by atoms with Gasteiger partial charge in [0.25, 0.3) is 0 Å². The molecule has 15 heavy (non-hydrogen) atoms. The molecule has 0 atom stereocenters. The number of aliphatic hydroxyl groups is 1.